The summed E-state index contributed by atoms with van der Waals surface area (Å²) in [5.41, 5.74) is 16.4. The van der Waals surface area contributed by atoms with E-state index in [0.29, 0.717) is 5.82 Å². The van der Waals surface area contributed by atoms with Gasteiger partial charge in [0.05, 0.1) is 17.1 Å². The molecule has 0 spiro atoms. The number of pyridine rings is 2. The molecular formula is C54H35N5. The molecule has 5 nitrogen and oxygen atoms in total. The molecule has 0 fully saturated rings. The third-order valence-electron chi connectivity index (χ3n) is 11.1. The molecule has 0 amide bonds. The lowest BCUT2D eigenvalue weighted by molar-refractivity contribution is 1.18. The van der Waals surface area contributed by atoms with Crippen LogP contribution in [0.2, 0.25) is 0 Å². The zero-order valence-corrected chi connectivity index (χ0v) is 31.9. The SMILES string of the molecule is c1ccc(-c2ccc(-c3cc(-c4ccc(-c5ccccc5)cc4)nc(-c4ccc(-c5ccc(-c6nc7c(nc8ccccn87)c7ccccc67)cc5)cc4)n3)cc2)cc1. The van der Waals surface area contributed by atoms with E-state index in [1.54, 1.807) is 0 Å². The average Bonchev–Trinajstić information content (AvgIpc) is 3.71. The third-order valence-corrected chi connectivity index (χ3v) is 11.1. The molecule has 276 valence electrons. The summed E-state index contributed by atoms with van der Waals surface area (Å²) in [6.45, 7) is 0. The fraction of sp³-hybridized carbons (Fsp3) is 0. The second-order valence-corrected chi connectivity index (χ2v) is 14.7. The van der Waals surface area contributed by atoms with Gasteiger partial charge in [0, 0.05) is 39.2 Å². The molecule has 4 aromatic heterocycles. The molecule has 0 aliphatic carbocycles. The molecule has 0 saturated carbocycles. The molecule has 0 unspecified atom stereocenters. The van der Waals surface area contributed by atoms with Crippen LogP contribution in [0.15, 0.2) is 212 Å². The van der Waals surface area contributed by atoms with Crippen molar-refractivity contribution in [2.75, 3.05) is 0 Å². The van der Waals surface area contributed by atoms with Crippen molar-refractivity contribution in [2.24, 2.45) is 0 Å². The summed E-state index contributed by atoms with van der Waals surface area (Å²) in [6, 6.07) is 71.9. The predicted octanol–water partition coefficient (Wildman–Crippen LogP) is 13.5. The number of hydrogen-bond donors (Lipinski definition) is 0. The van der Waals surface area contributed by atoms with Crippen LogP contribution in [0.5, 0.6) is 0 Å². The maximum absolute atomic E-state index is 5.19. The fourth-order valence-electron chi connectivity index (χ4n) is 7.99. The topological polar surface area (TPSA) is 56.0 Å². The number of fused-ring (bicyclic) bond motifs is 5. The molecule has 7 aromatic carbocycles. The highest BCUT2D eigenvalue weighted by Gasteiger charge is 2.16. The lowest BCUT2D eigenvalue weighted by Gasteiger charge is -2.11. The zero-order chi connectivity index (χ0) is 39.1. The maximum Gasteiger partial charge on any atom is 0.165 e. The van der Waals surface area contributed by atoms with Gasteiger partial charge in [0.2, 0.25) is 0 Å². The van der Waals surface area contributed by atoms with Gasteiger partial charge in [-0.25, -0.2) is 19.9 Å². The van der Waals surface area contributed by atoms with Gasteiger partial charge < -0.3 is 0 Å². The molecule has 4 heterocycles. The van der Waals surface area contributed by atoms with E-state index >= 15 is 0 Å². The number of imidazole rings is 1. The summed E-state index contributed by atoms with van der Waals surface area (Å²) < 4.78 is 2.06. The van der Waals surface area contributed by atoms with Gasteiger partial charge in [0.1, 0.15) is 11.2 Å². The molecule has 11 rings (SSSR count). The molecule has 0 N–H and O–H groups in total. The van der Waals surface area contributed by atoms with E-state index in [1.807, 2.05) is 36.5 Å². The lowest BCUT2D eigenvalue weighted by atomic mass is 9.98. The first kappa shape index (κ1) is 34.2. The minimum atomic E-state index is 0.680. The van der Waals surface area contributed by atoms with Crippen LogP contribution in [0.25, 0.3) is 106 Å². The van der Waals surface area contributed by atoms with E-state index in [0.717, 1.165) is 78.0 Å². The van der Waals surface area contributed by atoms with Crippen LogP contribution in [0.4, 0.5) is 0 Å². The predicted molar refractivity (Wildman–Crippen MR) is 242 cm³/mol. The first-order valence-corrected chi connectivity index (χ1v) is 19.8. The van der Waals surface area contributed by atoms with Crippen LogP contribution in [0.3, 0.4) is 0 Å². The van der Waals surface area contributed by atoms with E-state index < -0.39 is 0 Å². The fourth-order valence-corrected chi connectivity index (χ4v) is 7.99. The van der Waals surface area contributed by atoms with Crippen molar-refractivity contribution in [3.05, 3.63) is 212 Å². The number of aromatic nitrogens is 5. The minimum Gasteiger partial charge on any atom is -0.284 e. The van der Waals surface area contributed by atoms with Crippen molar-refractivity contribution in [3.63, 3.8) is 0 Å². The highest BCUT2D eigenvalue weighted by molar-refractivity contribution is 6.09. The molecule has 0 bridgehead atoms. The smallest absolute Gasteiger partial charge is 0.165 e. The van der Waals surface area contributed by atoms with E-state index in [2.05, 4.69) is 180 Å². The van der Waals surface area contributed by atoms with Crippen molar-refractivity contribution in [1.29, 1.82) is 0 Å². The van der Waals surface area contributed by atoms with Gasteiger partial charge >= 0.3 is 0 Å². The van der Waals surface area contributed by atoms with Gasteiger partial charge in [-0.05, 0) is 51.6 Å². The molecule has 0 saturated heterocycles. The quantitative estimate of drug-likeness (QED) is 0.163. The normalized spacial score (nSPS) is 11.4. The number of rotatable bonds is 7. The molecule has 59 heavy (non-hydrogen) atoms. The maximum atomic E-state index is 5.19. The summed E-state index contributed by atoms with van der Waals surface area (Å²) in [7, 11) is 0. The van der Waals surface area contributed by atoms with Crippen LogP contribution in [-0.4, -0.2) is 24.3 Å². The van der Waals surface area contributed by atoms with Crippen LogP contribution in [0.1, 0.15) is 0 Å². The van der Waals surface area contributed by atoms with E-state index in [1.165, 1.54) is 22.3 Å². The zero-order valence-electron chi connectivity index (χ0n) is 31.9. The first-order chi connectivity index (χ1) is 29.2. The van der Waals surface area contributed by atoms with Crippen molar-refractivity contribution in [2.45, 2.75) is 0 Å². The number of hydrogen-bond acceptors (Lipinski definition) is 4. The monoisotopic (exact) mass is 753 g/mol. The van der Waals surface area contributed by atoms with Crippen LogP contribution >= 0.6 is 0 Å². The summed E-state index contributed by atoms with van der Waals surface area (Å²) in [5, 5.41) is 2.18. The summed E-state index contributed by atoms with van der Waals surface area (Å²) in [5.74, 6) is 0.680. The second kappa shape index (κ2) is 14.5. The number of benzene rings is 7. The van der Waals surface area contributed by atoms with Crippen molar-refractivity contribution in [3.8, 4) is 78.5 Å². The van der Waals surface area contributed by atoms with E-state index in [-0.39, 0.29) is 0 Å². The standard InChI is InChI=1S/C54H35N5/c1-3-11-36(12-4-1)38-18-26-42(27-19-38)48-35-49(43-28-20-39(21-29-43)37-13-5-2-6-14-37)56-53(55-48)45-32-24-41(25-33-45)40-22-30-44(31-23-40)51-46-15-7-8-16-47(46)52-54(58-51)59-34-10-9-17-50(59)57-52/h1-35H. The Hall–Kier alpha value is -8.02. The first-order valence-electron chi connectivity index (χ1n) is 19.8. The van der Waals surface area contributed by atoms with Crippen molar-refractivity contribution >= 4 is 27.6 Å². The Morgan fingerprint density at radius 2 is 0.729 bits per heavy atom. The Bertz CT molecular complexity index is 3160. The molecule has 5 heteroatoms. The lowest BCUT2D eigenvalue weighted by Crippen LogP contribution is -1.96. The molecule has 0 radical (unpaired) electrons. The van der Waals surface area contributed by atoms with Crippen LogP contribution in [-0.2, 0) is 0 Å². The van der Waals surface area contributed by atoms with Gasteiger partial charge in [0.25, 0.3) is 0 Å². The van der Waals surface area contributed by atoms with Gasteiger partial charge in [-0.1, -0.05) is 188 Å². The van der Waals surface area contributed by atoms with E-state index in [9.17, 15) is 0 Å². The summed E-state index contributed by atoms with van der Waals surface area (Å²) >= 11 is 0. The highest BCUT2D eigenvalue weighted by Crippen LogP contribution is 2.35. The van der Waals surface area contributed by atoms with Gasteiger partial charge in [-0.3, -0.25) is 4.40 Å². The molecule has 11 aromatic rings. The molecular weight excluding hydrogens is 719 g/mol. The number of nitrogens with zero attached hydrogens (tertiary/aromatic N) is 5. The van der Waals surface area contributed by atoms with Gasteiger partial charge in [0.15, 0.2) is 11.5 Å². The van der Waals surface area contributed by atoms with Crippen LogP contribution in [0, 0.1) is 0 Å². The van der Waals surface area contributed by atoms with Crippen molar-refractivity contribution < 1.29 is 0 Å². The van der Waals surface area contributed by atoms with Gasteiger partial charge in [-0.2, -0.15) is 0 Å². The molecule has 0 atom stereocenters. The third kappa shape index (κ3) is 6.41. The highest BCUT2D eigenvalue weighted by atomic mass is 15.1. The van der Waals surface area contributed by atoms with E-state index in [4.69, 9.17) is 19.9 Å². The summed E-state index contributed by atoms with van der Waals surface area (Å²) in [6.07, 6.45) is 2.03. The average molecular weight is 754 g/mol. The Morgan fingerprint density at radius 1 is 0.305 bits per heavy atom. The Morgan fingerprint density at radius 3 is 1.27 bits per heavy atom. The summed E-state index contributed by atoms with van der Waals surface area (Å²) in [4.78, 5) is 20.4. The largest absolute Gasteiger partial charge is 0.284 e. The van der Waals surface area contributed by atoms with Crippen molar-refractivity contribution in [1.82, 2.24) is 24.3 Å². The molecule has 0 aliphatic heterocycles. The Labute approximate surface area is 341 Å². The van der Waals surface area contributed by atoms with Crippen LogP contribution < -0.4 is 0 Å². The minimum absolute atomic E-state index is 0.680. The van der Waals surface area contributed by atoms with Gasteiger partial charge in [-0.15, -0.1) is 0 Å². The Kier molecular flexibility index (Phi) is 8.41. The molecule has 0 aliphatic rings. The second-order valence-electron chi connectivity index (χ2n) is 14.7. The Balaban J connectivity index is 0.934.